The molecule has 0 aliphatic rings. The second kappa shape index (κ2) is 8.15. The van der Waals surface area contributed by atoms with Gasteiger partial charge in [0, 0.05) is 12.7 Å². The second-order valence-electron chi connectivity index (χ2n) is 5.60. The molecule has 0 aromatic heterocycles. The van der Waals surface area contributed by atoms with Gasteiger partial charge >= 0.3 is 0 Å². The molecule has 0 unspecified atom stereocenters. The van der Waals surface area contributed by atoms with Gasteiger partial charge in [0.2, 0.25) is 5.91 Å². The van der Waals surface area contributed by atoms with Crippen LogP contribution in [0.4, 0.5) is 5.69 Å². The molecule has 2 rings (SSSR count). The van der Waals surface area contributed by atoms with Gasteiger partial charge in [0.25, 0.3) is 5.91 Å². The van der Waals surface area contributed by atoms with Gasteiger partial charge in [-0.25, -0.2) is 0 Å². The average Bonchev–Trinajstić information content (AvgIpc) is 2.56. The van der Waals surface area contributed by atoms with E-state index in [1.807, 2.05) is 44.2 Å². The highest BCUT2D eigenvalue weighted by Gasteiger charge is 2.08. The third-order valence-corrected chi connectivity index (χ3v) is 3.64. The van der Waals surface area contributed by atoms with Crippen molar-refractivity contribution in [3.63, 3.8) is 0 Å². The maximum Gasteiger partial charge on any atom is 0.262 e. The van der Waals surface area contributed by atoms with Crippen molar-refractivity contribution in [1.29, 1.82) is 0 Å². The Morgan fingerprint density at radius 3 is 2.17 bits per heavy atom. The van der Waals surface area contributed by atoms with E-state index in [1.54, 1.807) is 19.2 Å². The van der Waals surface area contributed by atoms with Crippen molar-refractivity contribution < 1.29 is 14.3 Å². The molecule has 0 spiro atoms. The summed E-state index contributed by atoms with van der Waals surface area (Å²) in [5, 5.41) is 5.36. The number of nitrogens with one attached hydrogen (secondary N) is 2. The van der Waals surface area contributed by atoms with Crippen LogP contribution in [0.3, 0.4) is 0 Å². The third-order valence-electron chi connectivity index (χ3n) is 3.64. The Labute approximate surface area is 142 Å². The minimum atomic E-state index is -0.225. The van der Waals surface area contributed by atoms with Crippen LogP contribution in [-0.2, 0) is 16.0 Å². The van der Waals surface area contributed by atoms with E-state index in [2.05, 4.69) is 10.6 Å². The molecule has 0 aliphatic heterocycles. The molecule has 0 atom stereocenters. The van der Waals surface area contributed by atoms with Gasteiger partial charge in [-0.05, 0) is 42.7 Å². The topological polar surface area (TPSA) is 67.4 Å². The maximum absolute atomic E-state index is 12.0. The lowest BCUT2D eigenvalue weighted by atomic mass is 10.1. The van der Waals surface area contributed by atoms with Crippen LogP contribution in [-0.4, -0.2) is 25.5 Å². The summed E-state index contributed by atoms with van der Waals surface area (Å²) in [6.45, 7) is 3.85. The number of hydrogen-bond donors (Lipinski definition) is 2. The summed E-state index contributed by atoms with van der Waals surface area (Å²) in [5.74, 6) is 0.471. The third kappa shape index (κ3) is 4.84. The zero-order valence-corrected chi connectivity index (χ0v) is 14.2. The van der Waals surface area contributed by atoms with E-state index in [0.29, 0.717) is 12.1 Å². The zero-order chi connectivity index (χ0) is 17.5. The van der Waals surface area contributed by atoms with E-state index < -0.39 is 0 Å². The van der Waals surface area contributed by atoms with Gasteiger partial charge in [-0.1, -0.05) is 30.3 Å². The number of aryl methyl sites for hydroxylation is 2. The van der Waals surface area contributed by atoms with Crippen molar-refractivity contribution in [3.05, 3.63) is 59.2 Å². The molecule has 0 radical (unpaired) electrons. The summed E-state index contributed by atoms with van der Waals surface area (Å²) in [7, 11) is 1.60. The largest absolute Gasteiger partial charge is 0.483 e. The van der Waals surface area contributed by atoms with Crippen molar-refractivity contribution >= 4 is 17.5 Å². The van der Waals surface area contributed by atoms with Gasteiger partial charge in [-0.3, -0.25) is 9.59 Å². The van der Waals surface area contributed by atoms with E-state index in [-0.39, 0.29) is 18.4 Å². The molecule has 0 bridgehead atoms. The number of ether oxygens (including phenoxy) is 1. The van der Waals surface area contributed by atoms with Crippen LogP contribution in [0.5, 0.6) is 5.75 Å². The summed E-state index contributed by atoms with van der Waals surface area (Å²) < 4.78 is 5.63. The molecule has 0 fully saturated rings. The Bertz CT molecular complexity index is 704. The predicted molar refractivity (Wildman–Crippen MR) is 94.3 cm³/mol. The fourth-order valence-electron chi connectivity index (χ4n) is 2.34. The number of likely N-dealkylation sites (N-methyl/N-ethyl adjacent to an activating group) is 1. The quantitative estimate of drug-likeness (QED) is 0.857. The van der Waals surface area contributed by atoms with Gasteiger partial charge in [-0.15, -0.1) is 0 Å². The summed E-state index contributed by atoms with van der Waals surface area (Å²) >= 11 is 0. The van der Waals surface area contributed by atoms with Crippen LogP contribution in [0, 0.1) is 13.8 Å². The zero-order valence-electron chi connectivity index (χ0n) is 14.2. The van der Waals surface area contributed by atoms with Gasteiger partial charge in [0.1, 0.15) is 5.75 Å². The van der Waals surface area contributed by atoms with Crippen molar-refractivity contribution in [2.75, 3.05) is 19.0 Å². The molecule has 2 amide bonds. The normalized spacial score (nSPS) is 10.1. The molecule has 126 valence electrons. The number of hydrogen-bond acceptors (Lipinski definition) is 3. The highest BCUT2D eigenvalue weighted by Crippen LogP contribution is 2.22. The molecule has 5 heteroatoms. The SMILES string of the molecule is CNC(=O)Cc1ccc(NC(=O)COc2c(C)cccc2C)cc1. The average molecular weight is 326 g/mol. The van der Waals surface area contributed by atoms with Gasteiger partial charge in [0.05, 0.1) is 6.42 Å². The van der Waals surface area contributed by atoms with Gasteiger partial charge in [0.15, 0.2) is 6.61 Å². The standard InChI is InChI=1S/C19H22N2O3/c1-13-5-4-6-14(2)19(13)24-12-18(23)21-16-9-7-15(8-10-16)11-17(22)20-3/h4-10H,11-12H2,1-3H3,(H,20,22)(H,21,23). The number of amides is 2. The van der Waals surface area contributed by atoms with E-state index in [4.69, 9.17) is 4.74 Å². The van der Waals surface area contributed by atoms with E-state index in [9.17, 15) is 9.59 Å². The molecule has 0 heterocycles. The van der Waals surface area contributed by atoms with Crippen LogP contribution in [0.25, 0.3) is 0 Å². The molecule has 2 N–H and O–H groups in total. The summed E-state index contributed by atoms with van der Waals surface area (Å²) in [4.78, 5) is 23.3. The number of rotatable bonds is 6. The van der Waals surface area contributed by atoms with Crippen LogP contribution in [0.2, 0.25) is 0 Å². The lowest BCUT2D eigenvalue weighted by Crippen LogP contribution is -2.21. The van der Waals surface area contributed by atoms with E-state index in [0.717, 1.165) is 22.4 Å². The Morgan fingerprint density at radius 2 is 1.58 bits per heavy atom. The molecule has 0 aliphatic carbocycles. The van der Waals surface area contributed by atoms with Crippen molar-refractivity contribution in [2.24, 2.45) is 0 Å². The highest BCUT2D eigenvalue weighted by atomic mass is 16.5. The molecule has 5 nitrogen and oxygen atoms in total. The molecule has 2 aromatic rings. The first-order valence-corrected chi connectivity index (χ1v) is 7.78. The van der Waals surface area contributed by atoms with Crippen LogP contribution < -0.4 is 15.4 Å². The number of benzene rings is 2. The van der Waals surface area contributed by atoms with E-state index >= 15 is 0 Å². The lowest BCUT2D eigenvalue weighted by Gasteiger charge is -2.12. The van der Waals surface area contributed by atoms with E-state index in [1.165, 1.54) is 0 Å². The molecular weight excluding hydrogens is 304 g/mol. The lowest BCUT2D eigenvalue weighted by molar-refractivity contribution is -0.120. The first-order chi connectivity index (χ1) is 11.5. The van der Waals surface area contributed by atoms with Crippen molar-refractivity contribution in [3.8, 4) is 5.75 Å². The molecule has 2 aromatic carbocycles. The van der Waals surface area contributed by atoms with Gasteiger partial charge in [-0.2, -0.15) is 0 Å². The number of carbonyl (C=O) groups excluding carboxylic acids is 2. The number of carbonyl (C=O) groups is 2. The molecule has 24 heavy (non-hydrogen) atoms. The molecular formula is C19H22N2O3. The van der Waals surface area contributed by atoms with Crippen LogP contribution in [0.1, 0.15) is 16.7 Å². The highest BCUT2D eigenvalue weighted by molar-refractivity contribution is 5.92. The smallest absolute Gasteiger partial charge is 0.262 e. The Morgan fingerprint density at radius 1 is 0.958 bits per heavy atom. The minimum absolute atomic E-state index is 0.0474. The number of para-hydroxylation sites is 1. The fourth-order valence-corrected chi connectivity index (χ4v) is 2.34. The van der Waals surface area contributed by atoms with Crippen LogP contribution in [0.15, 0.2) is 42.5 Å². The Kier molecular flexibility index (Phi) is 5.95. The monoisotopic (exact) mass is 326 g/mol. The summed E-state index contributed by atoms with van der Waals surface area (Å²) in [6.07, 6.45) is 0.320. The number of anilines is 1. The summed E-state index contributed by atoms with van der Waals surface area (Å²) in [5.41, 5.74) is 3.56. The van der Waals surface area contributed by atoms with Crippen LogP contribution >= 0.6 is 0 Å². The maximum atomic E-state index is 12.0. The summed E-state index contributed by atoms with van der Waals surface area (Å²) in [6, 6.07) is 13.0. The molecule has 0 saturated heterocycles. The second-order valence-corrected chi connectivity index (χ2v) is 5.60. The van der Waals surface area contributed by atoms with Crippen molar-refractivity contribution in [2.45, 2.75) is 20.3 Å². The van der Waals surface area contributed by atoms with Crippen molar-refractivity contribution in [1.82, 2.24) is 5.32 Å². The predicted octanol–water partition coefficient (Wildman–Crippen LogP) is 2.61. The minimum Gasteiger partial charge on any atom is -0.483 e. The van der Waals surface area contributed by atoms with Gasteiger partial charge < -0.3 is 15.4 Å². The Hall–Kier alpha value is -2.82. The first kappa shape index (κ1) is 17.5. The molecule has 0 saturated carbocycles. The fraction of sp³-hybridized carbons (Fsp3) is 0.263. The Balaban J connectivity index is 1.89. The first-order valence-electron chi connectivity index (χ1n) is 7.78.